The van der Waals surface area contributed by atoms with Gasteiger partial charge in [-0.2, -0.15) is 5.10 Å². The summed E-state index contributed by atoms with van der Waals surface area (Å²) in [5.74, 6) is -0.847. The second-order valence-corrected chi connectivity index (χ2v) is 5.70. The van der Waals surface area contributed by atoms with E-state index in [-0.39, 0.29) is 12.5 Å². The zero-order valence-electron chi connectivity index (χ0n) is 12.8. The highest BCUT2D eigenvalue weighted by molar-refractivity contribution is 6.00. The summed E-state index contributed by atoms with van der Waals surface area (Å²) in [7, 11) is 0. The maximum absolute atomic E-state index is 12.1. The number of carbonyl (C=O) groups is 2. The van der Waals surface area contributed by atoms with Crippen LogP contribution in [0.15, 0.2) is 48.8 Å². The van der Waals surface area contributed by atoms with Gasteiger partial charge >= 0.3 is 6.03 Å². The second-order valence-electron chi connectivity index (χ2n) is 5.70. The molecule has 1 unspecified atom stereocenters. The number of hydrogen-bond donors (Lipinski definition) is 2. The van der Waals surface area contributed by atoms with E-state index in [0.717, 1.165) is 16.8 Å². The highest BCUT2D eigenvalue weighted by atomic mass is 16.2. The van der Waals surface area contributed by atoms with Crippen LogP contribution in [0.3, 0.4) is 0 Å². The summed E-state index contributed by atoms with van der Waals surface area (Å²) in [4.78, 5) is 27.7. The average Bonchev–Trinajstić information content (AvgIpc) is 3.04. The molecular formula is C17H15N5O2. The second kappa shape index (κ2) is 5.77. The highest BCUT2D eigenvalue weighted by Gasteiger charge is 2.29. The van der Waals surface area contributed by atoms with Crippen LogP contribution in [0, 0.1) is 0 Å². The van der Waals surface area contributed by atoms with Crippen LogP contribution in [0.25, 0.3) is 5.65 Å². The Labute approximate surface area is 137 Å². The Morgan fingerprint density at radius 2 is 2.04 bits per heavy atom. The van der Waals surface area contributed by atoms with Crippen molar-refractivity contribution in [3.8, 4) is 0 Å². The lowest BCUT2D eigenvalue weighted by Crippen LogP contribution is -2.51. The van der Waals surface area contributed by atoms with Crippen molar-refractivity contribution < 1.29 is 9.59 Å². The number of fused-ring (bicyclic) bond motifs is 1. The fraction of sp³-hybridized carbons (Fsp3) is 0.176. The number of nitrogens with zero attached hydrogens (tertiary/aromatic N) is 3. The Morgan fingerprint density at radius 1 is 1.21 bits per heavy atom. The Balaban J connectivity index is 1.75. The molecule has 3 heterocycles. The summed E-state index contributed by atoms with van der Waals surface area (Å²) in [5.41, 5.74) is 3.52. The van der Waals surface area contributed by atoms with E-state index in [1.54, 1.807) is 16.9 Å². The topological polar surface area (TPSA) is 88.4 Å². The Hall–Kier alpha value is -3.22. The van der Waals surface area contributed by atoms with Crippen LogP contribution in [-0.4, -0.2) is 33.1 Å². The molecule has 1 atom stereocenters. The van der Waals surface area contributed by atoms with Gasteiger partial charge < -0.3 is 5.32 Å². The molecule has 3 amide bonds. The molecule has 1 aliphatic rings. The van der Waals surface area contributed by atoms with Crippen LogP contribution in [0.4, 0.5) is 4.79 Å². The number of carbonyl (C=O) groups excluding carboxylic acids is 2. The number of benzene rings is 1. The molecule has 24 heavy (non-hydrogen) atoms. The van der Waals surface area contributed by atoms with E-state index in [4.69, 9.17) is 0 Å². The van der Waals surface area contributed by atoms with Gasteiger partial charge in [0.05, 0.1) is 11.6 Å². The van der Waals surface area contributed by atoms with Gasteiger partial charge in [-0.25, -0.2) is 14.3 Å². The smallest absolute Gasteiger partial charge is 0.321 e. The zero-order chi connectivity index (χ0) is 16.5. The minimum atomic E-state index is -0.510. The molecule has 0 saturated carbocycles. The quantitative estimate of drug-likeness (QED) is 0.760. The van der Waals surface area contributed by atoms with Crippen molar-refractivity contribution in [2.75, 3.05) is 6.54 Å². The monoisotopic (exact) mass is 321 g/mol. The van der Waals surface area contributed by atoms with Gasteiger partial charge in [-0.05, 0) is 11.6 Å². The zero-order valence-corrected chi connectivity index (χ0v) is 12.8. The highest BCUT2D eigenvalue weighted by Crippen LogP contribution is 2.21. The first-order valence-electron chi connectivity index (χ1n) is 7.66. The maximum atomic E-state index is 12.1. The lowest BCUT2D eigenvalue weighted by molar-refractivity contribution is -0.122. The average molecular weight is 321 g/mol. The summed E-state index contributed by atoms with van der Waals surface area (Å²) in [6.07, 6.45) is 4.13. The van der Waals surface area contributed by atoms with Crippen LogP contribution in [0.1, 0.15) is 22.7 Å². The number of imide groups is 1. The Bertz CT molecular complexity index is 919. The summed E-state index contributed by atoms with van der Waals surface area (Å²) in [6, 6.07) is 11.5. The van der Waals surface area contributed by atoms with Crippen molar-refractivity contribution in [2.24, 2.45) is 0 Å². The fourth-order valence-electron chi connectivity index (χ4n) is 2.89. The van der Waals surface area contributed by atoms with E-state index in [0.29, 0.717) is 12.1 Å². The molecule has 7 heteroatoms. The predicted molar refractivity (Wildman–Crippen MR) is 86.5 cm³/mol. The van der Waals surface area contributed by atoms with Crippen molar-refractivity contribution >= 4 is 17.6 Å². The van der Waals surface area contributed by atoms with E-state index in [9.17, 15) is 9.59 Å². The first-order valence-corrected chi connectivity index (χ1v) is 7.66. The summed E-state index contributed by atoms with van der Waals surface area (Å²) in [6.45, 7) is 0.239. The SMILES string of the molecule is O=C1NCC(c2cc(Cc3ccccc3)c3nccn3n2)C(=O)N1. The number of imidazole rings is 1. The minimum Gasteiger partial charge on any atom is -0.337 e. The van der Waals surface area contributed by atoms with Gasteiger partial charge in [-0.3, -0.25) is 10.1 Å². The van der Waals surface area contributed by atoms with Gasteiger partial charge in [0.25, 0.3) is 0 Å². The molecule has 1 aliphatic heterocycles. The van der Waals surface area contributed by atoms with E-state index < -0.39 is 11.9 Å². The minimum absolute atomic E-state index is 0.239. The van der Waals surface area contributed by atoms with E-state index in [2.05, 4.69) is 20.7 Å². The van der Waals surface area contributed by atoms with Crippen LogP contribution >= 0.6 is 0 Å². The molecule has 0 bridgehead atoms. The van der Waals surface area contributed by atoms with Gasteiger partial charge in [0, 0.05) is 30.9 Å². The molecule has 0 aliphatic carbocycles. The number of rotatable bonds is 3. The van der Waals surface area contributed by atoms with Crippen molar-refractivity contribution in [1.82, 2.24) is 25.2 Å². The first kappa shape index (κ1) is 14.4. The van der Waals surface area contributed by atoms with Gasteiger partial charge in [-0.15, -0.1) is 0 Å². The van der Waals surface area contributed by atoms with Crippen molar-refractivity contribution in [3.05, 3.63) is 65.6 Å². The summed E-state index contributed by atoms with van der Waals surface area (Å²) < 4.78 is 1.68. The third kappa shape index (κ3) is 2.60. The molecule has 120 valence electrons. The lowest BCUT2D eigenvalue weighted by atomic mass is 9.99. The molecule has 0 spiro atoms. The third-order valence-corrected chi connectivity index (χ3v) is 4.07. The molecule has 1 fully saturated rings. The van der Waals surface area contributed by atoms with E-state index in [1.165, 1.54) is 0 Å². The molecule has 1 aromatic carbocycles. The van der Waals surface area contributed by atoms with Crippen molar-refractivity contribution in [2.45, 2.75) is 12.3 Å². The molecule has 2 aromatic heterocycles. The van der Waals surface area contributed by atoms with E-state index in [1.807, 2.05) is 36.4 Å². The summed E-state index contributed by atoms with van der Waals surface area (Å²) >= 11 is 0. The number of amides is 3. The molecule has 4 rings (SSSR count). The summed E-state index contributed by atoms with van der Waals surface area (Å²) in [5, 5.41) is 9.40. The fourth-order valence-corrected chi connectivity index (χ4v) is 2.89. The number of urea groups is 1. The van der Waals surface area contributed by atoms with Crippen molar-refractivity contribution in [1.29, 1.82) is 0 Å². The van der Waals surface area contributed by atoms with Crippen LogP contribution in [0.5, 0.6) is 0 Å². The molecular weight excluding hydrogens is 306 g/mol. The number of hydrogen-bond acceptors (Lipinski definition) is 4. The molecule has 3 aromatic rings. The third-order valence-electron chi connectivity index (χ3n) is 4.07. The molecule has 1 saturated heterocycles. The maximum Gasteiger partial charge on any atom is 0.321 e. The van der Waals surface area contributed by atoms with Crippen LogP contribution in [-0.2, 0) is 11.2 Å². The first-order chi connectivity index (χ1) is 11.7. The normalized spacial score (nSPS) is 17.6. The van der Waals surface area contributed by atoms with Gasteiger partial charge in [0.15, 0.2) is 5.65 Å². The molecule has 2 N–H and O–H groups in total. The number of aromatic nitrogens is 3. The predicted octanol–water partition coefficient (Wildman–Crippen LogP) is 1.24. The van der Waals surface area contributed by atoms with Crippen LogP contribution < -0.4 is 10.6 Å². The van der Waals surface area contributed by atoms with Crippen molar-refractivity contribution in [3.63, 3.8) is 0 Å². The molecule has 0 radical (unpaired) electrons. The Kier molecular flexibility index (Phi) is 3.45. The standard InChI is InChI=1S/C17H15N5O2/c23-16-13(10-19-17(24)20-16)14-9-12(8-11-4-2-1-3-5-11)15-18-6-7-22(15)21-14/h1-7,9,13H,8,10H2,(H2,19,20,23,24). The molecule has 7 nitrogen and oxygen atoms in total. The Morgan fingerprint density at radius 3 is 2.83 bits per heavy atom. The van der Waals surface area contributed by atoms with Gasteiger partial charge in [-0.1, -0.05) is 30.3 Å². The van der Waals surface area contributed by atoms with Gasteiger partial charge in [0.2, 0.25) is 5.91 Å². The van der Waals surface area contributed by atoms with Gasteiger partial charge in [0.1, 0.15) is 0 Å². The lowest BCUT2D eigenvalue weighted by Gasteiger charge is -2.22. The van der Waals surface area contributed by atoms with E-state index >= 15 is 0 Å². The number of nitrogens with one attached hydrogen (secondary N) is 2. The largest absolute Gasteiger partial charge is 0.337 e. The van der Waals surface area contributed by atoms with Crippen LogP contribution in [0.2, 0.25) is 0 Å².